The van der Waals surface area contributed by atoms with Crippen molar-refractivity contribution >= 4 is 11.8 Å². The van der Waals surface area contributed by atoms with Gasteiger partial charge in [0.2, 0.25) is 0 Å². The molecule has 2 aromatic carbocycles. The van der Waals surface area contributed by atoms with Crippen molar-refractivity contribution < 1.29 is 5.11 Å². The minimum absolute atomic E-state index is 0.0175. The molecule has 2 nitrogen and oxygen atoms in total. The number of rotatable bonds is 6. The van der Waals surface area contributed by atoms with E-state index >= 15 is 0 Å². The number of aliphatic hydroxyl groups excluding tert-OH is 1. The minimum Gasteiger partial charge on any atom is -0.394 e. The van der Waals surface area contributed by atoms with Gasteiger partial charge in [-0.05, 0) is 23.4 Å². The normalized spacial score (nSPS) is 12.3. The molecule has 2 aromatic rings. The van der Waals surface area contributed by atoms with Gasteiger partial charge in [0.25, 0.3) is 0 Å². The first-order valence-electron chi connectivity index (χ1n) is 6.36. The third-order valence-corrected chi connectivity index (χ3v) is 3.95. The standard InChI is InChI=1S/C16H19NOS/c1-19-16-10-6-5-9-14(16)11-17-15(12-18)13-7-3-2-4-8-13/h2-10,15,17-18H,11-12H2,1H3/t15-/m0/s1. The van der Waals surface area contributed by atoms with Crippen LogP contribution in [0.1, 0.15) is 17.2 Å². The average molecular weight is 273 g/mol. The molecule has 2 rings (SSSR count). The van der Waals surface area contributed by atoms with Gasteiger partial charge in [0.05, 0.1) is 12.6 Å². The van der Waals surface area contributed by atoms with Crippen molar-refractivity contribution in [3.8, 4) is 0 Å². The van der Waals surface area contributed by atoms with E-state index in [4.69, 9.17) is 0 Å². The molecule has 0 radical (unpaired) electrons. The molecule has 0 saturated heterocycles. The first-order valence-corrected chi connectivity index (χ1v) is 7.58. The van der Waals surface area contributed by atoms with Gasteiger partial charge in [0.15, 0.2) is 0 Å². The summed E-state index contributed by atoms with van der Waals surface area (Å²) in [5.74, 6) is 0. The Bertz CT molecular complexity index is 501. The maximum absolute atomic E-state index is 9.52. The largest absolute Gasteiger partial charge is 0.394 e. The van der Waals surface area contributed by atoms with Crippen molar-refractivity contribution in [2.75, 3.05) is 12.9 Å². The molecule has 100 valence electrons. The van der Waals surface area contributed by atoms with Gasteiger partial charge in [-0.15, -0.1) is 11.8 Å². The van der Waals surface area contributed by atoms with Gasteiger partial charge < -0.3 is 10.4 Å². The van der Waals surface area contributed by atoms with E-state index in [0.29, 0.717) is 0 Å². The Morgan fingerprint density at radius 1 is 1.05 bits per heavy atom. The number of hydrogen-bond acceptors (Lipinski definition) is 3. The zero-order chi connectivity index (χ0) is 13.5. The molecular formula is C16H19NOS. The third-order valence-electron chi connectivity index (χ3n) is 3.12. The molecule has 0 amide bonds. The predicted octanol–water partition coefficient (Wildman–Crippen LogP) is 3.23. The summed E-state index contributed by atoms with van der Waals surface area (Å²) in [6, 6.07) is 18.4. The fourth-order valence-corrected chi connectivity index (χ4v) is 2.67. The van der Waals surface area contributed by atoms with Crippen molar-refractivity contribution in [1.82, 2.24) is 5.32 Å². The van der Waals surface area contributed by atoms with E-state index in [0.717, 1.165) is 12.1 Å². The summed E-state index contributed by atoms with van der Waals surface area (Å²) in [4.78, 5) is 1.28. The molecular weight excluding hydrogens is 254 g/mol. The monoisotopic (exact) mass is 273 g/mol. The lowest BCUT2D eigenvalue weighted by molar-refractivity contribution is 0.243. The molecule has 0 spiro atoms. The fourth-order valence-electron chi connectivity index (χ4n) is 2.06. The van der Waals surface area contributed by atoms with E-state index in [1.165, 1.54) is 10.5 Å². The summed E-state index contributed by atoms with van der Waals surface area (Å²) in [5.41, 5.74) is 2.39. The number of nitrogens with one attached hydrogen (secondary N) is 1. The topological polar surface area (TPSA) is 32.3 Å². The highest BCUT2D eigenvalue weighted by Gasteiger charge is 2.10. The highest BCUT2D eigenvalue weighted by atomic mass is 32.2. The second-order valence-electron chi connectivity index (χ2n) is 4.34. The smallest absolute Gasteiger partial charge is 0.0626 e. The summed E-state index contributed by atoms with van der Waals surface area (Å²) < 4.78 is 0. The molecule has 19 heavy (non-hydrogen) atoms. The second kappa shape index (κ2) is 7.34. The van der Waals surface area contributed by atoms with Gasteiger partial charge in [-0.3, -0.25) is 0 Å². The Morgan fingerprint density at radius 3 is 2.42 bits per heavy atom. The van der Waals surface area contributed by atoms with Crippen LogP contribution in [0.3, 0.4) is 0 Å². The third kappa shape index (κ3) is 3.83. The van der Waals surface area contributed by atoms with Gasteiger partial charge in [-0.2, -0.15) is 0 Å². The lowest BCUT2D eigenvalue weighted by Gasteiger charge is -2.17. The molecule has 0 unspecified atom stereocenters. The SMILES string of the molecule is CSc1ccccc1CN[C@@H](CO)c1ccccc1. The number of thioether (sulfide) groups is 1. The maximum Gasteiger partial charge on any atom is 0.0626 e. The zero-order valence-electron chi connectivity index (χ0n) is 11.0. The Morgan fingerprint density at radius 2 is 1.74 bits per heavy atom. The molecule has 1 atom stereocenters. The summed E-state index contributed by atoms with van der Waals surface area (Å²) in [7, 11) is 0. The summed E-state index contributed by atoms with van der Waals surface area (Å²) in [6.45, 7) is 0.864. The zero-order valence-corrected chi connectivity index (χ0v) is 11.9. The van der Waals surface area contributed by atoms with Gasteiger partial charge in [-0.1, -0.05) is 48.5 Å². The van der Waals surface area contributed by atoms with Crippen LogP contribution < -0.4 is 5.32 Å². The van der Waals surface area contributed by atoms with E-state index < -0.39 is 0 Å². The Balaban J connectivity index is 2.04. The quantitative estimate of drug-likeness (QED) is 0.793. The van der Waals surface area contributed by atoms with Crippen molar-refractivity contribution in [3.05, 3.63) is 65.7 Å². The molecule has 0 heterocycles. The van der Waals surface area contributed by atoms with Crippen LogP contribution in [-0.2, 0) is 6.54 Å². The van der Waals surface area contributed by atoms with Crippen LogP contribution in [0.15, 0.2) is 59.5 Å². The summed E-state index contributed by atoms with van der Waals surface area (Å²) >= 11 is 1.75. The summed E-state index contributed by atoms with van der Waals surface area (Å²) in [6.07, 6.45) is 2.08. The van der Waals surface area contributed by atoms with E-state index in [9.17, 15) is 5.11 Å². The van der Waals surface area contributed by atoms with Crippen LogP contribution in [0.5, 0.6) is 0 Å². The molecule has 0 fully saturated rings. The number of hydrogen-bond donors (Lipinski definition) is 2. The van der Waals surface area contributed by atoms with Crippen LogP contribution in [0.25, 0.3) is 0 Å². The van der Waals surface area contributed by atoms with Crippen LogP contribution in [-0.4, -0.2) is 18.0 Å². The molecule has 0 bridgehead atoms. The second-order valence-corrected chi connectivity index (χ2v) is 5.19. The Hall–Kier alpha value is -1.29. The van der Waals surface area contributed by atoms with Crippen molar-refractivity contribution in [1.29, 1.82) is 0 Å². The van der Waals surface area contributed by atoms with Crippen molar-refractivity contribution in [2.45, 2.75) is 17.5 Å². The number of benzene rings is 2. The molecule has 2 N–H and O–H groups in total. The first kappa shape index (κ1) is 14.1. The Kier molecular flexibility index (Phi) is 5.45. The van der Waals surface area contributed by atoms with Crippen molar-refractivity contribution in [2.24, 2.45) is 0 Å². The maximum atomic E-state index is 9.52. The van der Waals surface area contributed by atoms with E-state index in [1.807, 2.05) is 36.4 Å². The Labute approximate surface area is 118 Å². The molecule has 0 aliphatic carbocycles. The molecule has 3 heteroatoms. The van der Waals surface area contributed by atoms with Crippen LogP contribution in [0.2, 0.25) is 0 Å². The van der Waals surface area contributed by atoms with Gasteiger partial charge in [0, 0.05) is 11.4 Å². The lowest BCUT2D eigenvalue weighted by atomic mass is 10.1. The molecule has 0 aliphatic rings. The lowest BCUT2D eigenvalue weighted by Crippen LogP contribution is -2.24. The highest BCUT2D eigenvalue weighted by molar-refractivity contribution is 7.98. The van der Waals surface area contributed by atoms with E-state index in [-0.39, 0.29) is 12.6 Å². The van der Waals surface area contributed by atoms with Crippen LogP contribution >= 0.6 is 11.8 Å². The first-order chi connectivity index (χ1) is 9.35. The molecule has 0 saturated carbocycles. The van der Waals surface area contributed by atoms with E-state index in [2.05, 4.69) is 29.8 Å². The predicted molar refractivity (Wildman–Crippen MR) is 81.3 cm³/mol. The van der Waals surface area contributed by atoms with Gasteiger partial charge >= 0.3 is 0 Å². The van der Waals surface area contributed by atoms with Crippen LogP contribution in [0.4, 0.5) is 0 Å². The molecule has 0 aromatic heterocycles. The average Bonchev–Trinajstić information content (AvgIpc) is 2.49. The fraction of sp³-hybridized carbons (Fsp3) is 0.250. The summed E-state index contributed by atoms with van der Waals surface area (Å²) in [5, 5.41) is 12.9. The van der Waals surface area contributed by atoms with Gasteiger partial charge in [-0.25, -0.2) is 0 Å². The number of aliphatic hydroxyl groups is 1. The van der Waals surface area contributed by atoms with E-state index in [1.54, 1.807) is 11.8 Å². The van der Waals surface area contributed by atoms with Crippen LogP contribution in [0, 0.1) is 0 Å². The minimum atomic E-state index is -0.0175. The van der Waals surface area contributed by atoms with Gasteiger partial charge in [0.1, 0.15) is 0 Å². The molecule has 0 aliphatic heterocycles. The van der Waals surface area contributed by atoms with Crippen molar-refractivity contribution in [3.63, 3.8) is 0 Å². The highest BCUT2D eigenvalue weighted by Crippen LogP contribution is 2.21.